The molecule has 0 spiro atoms. The van der Waals surface area contributed by atoms with Crippen molar-refractivity contribution in [3.05, 3.63) is 0 Å². The average molecular weight is 327 g/mol. The molecule has 0 atom stereocenters. The van der Waals surface area contributed by atoms with Gasteiger partial charge in [0.1, 0.15) is 5.60 Å². The Morgan fingerprint density at radius 1 is 0.824 bits per heavy atom. The smallest absolute Gasteiger partial charge is 0.383 e. The van der Waals surface area contributed by atoms with E-state index in [0.29, 0.717) is 13.8 Å². The van der Waals surface area contributed by atoms with Gasteiger partial charge in [-0.1, -0.05) is 0 Å². The minimum atomic E-state index is -6.41. The molecule has 0 radical (unpaired) electrons. The van der Waals surface area contributed by atoms with Crippen LogP contribution in [0.5, 0.6) is 0 Å². The molecule has 0 saturated carbocycles. The van der Waals surface area contributed by atoms with Gasteiger partial charge in [0.2, 0.25) is 0 Å². The summed E-state index contributed by atoms with van der Waals surface area (Å²) in [5.74, 6) is -11.8. The van der Waals surface area contributed by atoms with Crippen molar-refractivity contribution in [2.75, 3.05) is 0 Å². The minimum Gasteiger partial charge on any atom is -0.383 e. The van der Waals surface area contributed by atoms with Gasteiger partial charge in [-0.3, -0.25) is 0 Å². The number of halogens is 9. The zero-order valence-corrected chi connectivity index (χ0v) is 11.1. The van der Waals surface area contributed by atoms with E-state index >= 15 is 0 Å². The molecule has 0 amide bonds. The summed E-state index contributed by atoms with van der Waals surface area (Å²) >= 11 is 10.1. The van der Waals surface area contributed by atoms with Crippen molar-refractivity contribution in [1.29, 1.82) is 0 Å². The normalized spacial score (nSPS) is 15.5. The molecular formula is C6H7Cl2F7OSi. The Bertz CT molecular complexity index is 278. The van der Waals surface area contributed by atoms with Crippen molar-refractivity contribution in [1.82, 2.24) is 0 Å². The van der Waals surface area contributed by atoms with Gasteiger partial charge in [-0.05, 0) is 13.8 Å². The lowest BCUT2D eigenvalue weighted by molar-refractivity contribution is -0.380. The molecule has 0 aliphatic carbocycles. The van der Waals surface area contributed by atoms with Gasteiger partial charge < -0.3 is 4.43 Å². The van der Waals surface area contributed by atoms with Gasteiger partial charge >= 0.3 is 25.7 Å². The first-order chi connectivity index (χ1) is 7.17. The van der Waals surface area contributed by atoms with E-state index in [9.17, 15) is 30.7 Å². The average Bonchev–Trinajstić information content (AvgIpc) is 1.98. The molecule has 0 aliphatic rings. The van der Waals surface area contributed by atoms with Crippen LogP contribution in [0.15, 0.2) is 0 Å². The van der Waals surface area contributed by atoms with Crippen molar-refractivity contribution in [3.8, 4) is 0 Å². The summed E-state index contributed by atoms with van der Waals surface area (Å²) in [4.78, 5) is 0. The fraction of sp³-hybridized carbons (Fsp3) is 1.00. The summed E-state index contributed by atoms with van der Waals surface area (Å²) in [6, 6.07) is 0. The highest BCUT2D eigenvalue weighted by molar-refractivity contribution is 7.30. The Morgan fingerprint density at radius 3 is 1.41 bits per heavy atom. The maximum Gasteiger partial charge on any atom is 0.459 e. The lowest BCUT2D eigenvalue weighted by atomic mass is 9.94. The summed E-state index contributed by atoms with van der Waals surface area (Å²) in [6.45, 7) is 0.717. The third kappa shape index (κ3) is 3.18. The van der Waals surface area contributed by atoms with Gasteiger partial charge in [-0.25, -0.2) is 0 Å². The van der Waals surface area contributed by atoms with E-state index in [-0.39, 0.29) is 0 Å². The number of hydrogen-bond donors (Lipinski definition) is 0. The molecule has 104 valence electrons. The topological polar surface area (TPSA) is 9.23 Å². The predicted molar refractivity (Wildman–Crippen MR) is 50.0 cm³/mol. The van der Waals surface area contributed by atoms with Gasteiger partial charge in [0.25, 0.3) is 0 Å². The van der Waals surface area contributed by atoms with E-state index in [1.165, 1.54) is 0 Å². The molecule has 0 saturated heterocycles. The van der Waals surface area contributed by atoms with Crippen molar-refractivity contribution in [2.45, 2.75) is 37.5 Å². The van der Waals surface area contributed by atoms with Gasteiger partial charge in [-0.15, -0.1) is 22.2 Å². The van der Waals surface area contributed by atoms with Crippen LogP contribution in [-0.4, -0.2) is 31.3 Å². The summed E-state index contributed by atoms with van der Waals surface area (Å²) < 4.78 is 91.2. The second kappa shape index (κ2) is 4.75. The van der Waals surface area contributed by atoms with Crippen LogP contribution < -0.4 is 0 Å². The van der Waals surface area contributed by atoms with Crippen molar-refractivity contribution in [2.24, 2.45) is 0 Å². The molecule has 17 heavy (non-hydrogen) atoms. The maximum absolute atomic E-state index is 13.1. The van der Waals surface area contributed by atoms with E-state index < -0.39 is 31.3 Å². The van der Waals surface area contributed by atoms with E-state index in [2.05, 4.69) is 4.43 Å². The van der Waals surface area contributed by atoms with Crippen LogP contribution in [0.3, 0.4) is 0 Å². The van der Waals surface area contributed by atoms with Crippen LogP contribution in [0.4, 0.5) is 30.7 Å². The minimum absolute atomic E-state index is 0.359. The van der Waals surface area contributed by atoms with Crippen molar-refractivity contribution < 1.29 is 35.2 Å². The third-order valence-electron chi connectivity index (χ3n) is 1.89. The Labute approximate surface area is 103 Å². The Morgan fingerprint density at radius 2 is 1.18 bits per heavy atom. The second-order valence-electron chi connectivity index (χ2n) is 3.54. The van der Waals surface area contributed by atoms with Crippen LogP contribution >= 0.6 is 22.2 Å². The molecule has 11 heteroatoms. The standard InChI is InChI=1S/C6H7Cl2F7OSi/c1-3(2,16-17(7)8)4(9,10)5(11,12)6(13,14)15/h17H,1-2H3. The molecule has 0 bridgehead atoms. The van der Waals surface area contributed by atoms with Crippen LogP contribution in [0, 0.1) is 0 Å². The molecule has 0 rings (SSSR count). The lowest BCUT2D eigenvalue weighted by Gasteiger charge is -2.39. The highest BCUT2D eigenvalue weighted by Gasteiger charge is 2.78. The van der Waals surface area contributed by atoms with Crippen LogP contribution in [0.2, 0.25) is 0 Å². The molecule has 0 fully saturated rings. The summed E-state index contributed by atoms with van der Waals surface area (Å²) in [6.07, 6.45) is -6.41. The van der Waals surface area contributed by atoms with E-state index in [1.807, 2.05) is 0 Å². The van der Waals surface area contributed by atoms with E-state index in [0.717, 1.165) is 0 Å². The third-order valence-corrected chi connectivity index (χ3v) is 3.19. The summed E-state index contributed by atoms with van der Waals surface area (Å²) in [7, 11) is -3.26. The van der Waals surface area contributed by atoms with Crippen LogP contribution in [-0.2, 0) is 4.43 Å². The summed E-state index contributed by atoms with van der Waals surface area (Å²) in [5, 5.41) is 0. The van der Waals surface area contributed by atoms with E-state index in [1.54, 1.807) is 0 Å². The van der Waals surface area contributed by atoms with Gasteiger partial charge in [-0.2, -0.15) is 30.7 Å². The lowest BCUT2D eigenvalue weighted by Crippen LogP contribution is -2.63. The van der Waals surface area contributed by atoms with Gasteiger partial charge in [0.05, 0.1) is 0 Å². The van der Waals surface area contributed by atoms with Crippen molar-refractivity contribution in [3.63, 3.8) is 0 Å². The molecule has 0 aromatic rings. The molecule has 0 aliphatic heterocycles. The van der Waals surface area contributed by atoms with Crippen LogP contribution in [0.25, 0.3) is 0 Å². The first-order valence-corrected chi connectivity index (χ1v) is 7.91. The Kier molecular flexibility index (Phi) is 4.82. The Hall–Kier alpha value is 0.267. The largest absolute Gasteiger partial charge is 0.459 e. The zero-order chi connectivity index (χ0) is 14.3. The monoisotopic (exact) mass is 326 g/mol. The van der Waals surface area contributed by atoms with E-state index in [4.69, 9.17) is 22.2 Å². The highest BCUT2D eigenvalue weighted by atomic mass is 35.7. The SMILES string of the molecule is CC(C)(O[SiH](Cl)Cl)C(F)(F)C(F)(F)C(F)(F)F. The van der Waals surface area contributed by atoms with Crippen molar-refractivity contribution >= 4 is 29.8 Å². The Balaban J connectivity index is 5.39. The van der Waals surface area contributed by atoms with Gasteiger partial charge in [0, 0.05) is 0 Å². The van der Waals surface area contributed by atoms with Gasteiger partial charge in [0.15, 0.2) is 0 Å². The number of rotatable bonds is 4. The fourth-order valence-electron chi connectivity index (χ4n) is 0.853. The zero-order valence-electron chi connectivity index (χ0n) is 8.39. The number of hydrogen-bond acceptors (Lipinski definition) is 1. The fourth-order valence-corrected chi connectivity index (χ4v) is 2.78. The highest BCUT2D eigenvalue weighted by Crippen LogP contribution is 2.52. The number of alkyl halides is 7. The predicted octanol–water partition coefficient (Wildman–Crippen LogP) is 3.81. The maximum atomic E-state index is 13.1. The molecule has 0 unspecified atom stereocenters. The molecule has 0 heterocycles. The molecule has 0 N–H and O–H groups in total. The quantitative estimate of drug-likeness (QED) is 0.433. The first-order valence-electron chi connectivity index (χ1n) is 3.95. The molecule has 0 aromatic heterocycles. The first kappa shape index (κ1) is 17.3. The van der Waals surface area contributed by atoms with Crippen LogP contribution in [0.1, 0.15) is 13.8 Å². The second-order valence-corrected chi connectivity index (χ2v) is 7.34. The molecule has 0 aromatic carbocycles. The molecular weight excluding hydrogens is 320 g/mol. The molecule has 1 nitrogen and oxygen atoms in total. The summed E-state index contributed by atoms with van der Waals surface area (Å²) in [5.41, 5.74) is -3.15.